The largest absolute Gasteiger partial charge is 0.463 e. The Morgan fingerprint density at radius 2 is 1.77 bits per heavy atom. The summed E-state index contributed by atoms with van der Waals surface area (Å²) in [5.74, 6) is -0.895. The van der Waals surface area contributed by atoms with E-state index in [2.05, 4.69) is 13.8 Å². The molecule has 10 nitrogen and oxygen atoms in total. The lowest BCUT2D eigenvalue weighted by Gasteiger charge is -2.58. The second kappa shape index (κ2) is 8.36. The monoisotopic (exact) mass is 546 g/mol. The first kappa shape index (κ1) is 26.1. The number of hydrogen-bond acceptors (Lipinski definition) is 10. The van der Waals surface area contributed by atoms with E-state index in [9.17, 15) is 14.7 Å². The Kier molecular flexibility index (Phi) is 5.60. The normalized spacial score (nSPS) is 56.4. The minimum Gasteiger partial charge on any atom is -0.463 e. The van der Waals surface area contributed by atoms with Crippen molar-refractivity contribution in [3.05, 3.63) is 24.3 Å². The van der Waals surface area contributed by atoms with Gasteiger partial charge in [-0.05, 0) is 33.6 Å². The van der Waals surface area contributed by atoms with Gasteiger partial charge in [0.2, 0.25) is 0 Å². The molecule has 7 rings (SSSR count). The van der Waals surface area contributed by atoms with Gasteiger partial charge in [0.1, 0.15) is 36.1 Å². The second-order valence-electron chi connectivity index (χ2n) is 13.1. The Balaban J connectivity index is 1.24. The molecule has 2 spiro atoms. The highest BCUT2D eigenvalue weighted by atomic mass is 16.7. The fourth-order valence-corrected chi connectivity index (χ4v) is 8.08. The van der Waals surface area contributed by atoms with Crippen LogP contribution in [0, 0.1) is 10.8 Å². The highest BCUT2D eigenvalue weighted by molar-refractivity contribution is 5.82. The van der Waals surface area contributed by atoms with Crippen molar-refractivity contribution in [2.75, 3.05) is 19.8 Å². The number of hydrogen-bond donors (Lipinski definition) is 1. The quantitative estimate of drug-likeness (QED) is 0.384. The van der Waals surface area contributed by atoms with Gasteiger partial charge in [0.05, 0.1) is 42.5 Å². The maximum atomic E-state index is 13.3. The van der Waals surface area contributed by atoms with Gasteiger partial charge >= 0.3 is 11.9 Å². The maximum absolute atomic E-state index is 13.3. The molecule has 0 unspecified atom stereocenters. The number of rotatable bonds is 1. The molecule has 7 aliphatic rings. The number of cyclic esters (lactones) is 1. The van der Waals surface area contributed by atoms with Gasteiger partial charge in [-0.25, -0.2) is 9.59 Å². The van der Waals surface area contributed by atoms with Gasteiger partial charge in [-0.1, -0.05) is 25.2 Å². The summed E-state index contributed by atoms with van der Waals surface area (Å²) < 4.78 is 43.0. The Morgan fingerprint density at radius 1 is 0.974 bits per heavy atom. The SMILES string of the molecule is C[C@@H](O)[C@H]1/C=C/C=C\C(=O)O[C@@H]2C[C@H]3O[C@@H]4[C@@H]5O[C@]5(C)CC[C@@]4(COC(=O)[C@H]4O[C@]4(C)CCO1)[C@]2(C)[C@]31CO1. The van der Waals surface area contributed by atoms with Crippen LogP contribution < -0.4 is 0 Å². The zero-order valence-corrected chi connectivity index (χ0v) is 22.9. The molecule has 5 aliphatic heterocycles. The van der Waals surface area contributed by atoms with Gasteiger partial charge in [-0.3, -0.25) is 0 Å². The van der Waals surface area contributed by atoms with E-state index in [1.165, 1.54) is 6.08 Å². The Hall–Kier alpha value is -1.82. The van der Waals surface area contributed by atoms with Gasteiger partial charge < -0.3 is 38.3 Å². The molecule has 2 saturated carbocycles. The highest BCUT2D eigenvalue weighted by Crippen LogP contribution is 2.75. The molecule has 12 atom stereocenters. The zero-order chi connectivity index (χ0) is 27.4. The van der Waals surface area contributed by atoms with Crippen LogP contribution in [0.5, 0.6) is 0 Å². The number of aliphatic hydroxyl groups excluding tert-OH is 1. The lowest BCUT2D eigenvalue weighted by molar-refractivity contribution is -0.251. The van der Waals surface area contributed by atoms with Gasteiger partial charge in [0, 0.05) is 24.3 Å². The minimum atomic E-state index is -0.759. The molecule has 214 valence electrons. The molecule has 0 amide bonds. The molecule has 2 aliphatic carbocycles. The summed E-state index contributed by atoms with van der Waals surface area (Å²) in [6, 6.07) is 0. The number of aliphatic hydroxyl groups is 1. The fourth-order valence-electron chi connectivity index (χ4n) is 8.08. The van der Waals surface area contributed by atoms with E-state index in [-0.39, 0.29) is 37.1 Å². The summed E-state index contributed by atoms with van der Waals surface area (Å²) >= 11 is 0. The predicted molar refractivity (Wildman–Crippen MR) is 133 cm³/mol. The van der Waals surface area contributed by atoms with Gasteiger partial charge in [-0.15, -0.1) is 0 Å². The number of carbonyl (C=O) groups is 2. The van der Waals surface area contributed by atoms with Crippen LogP contribution in [0.1, 0.15) is 53.4 Å². The summed E-state index contributed by atoms with van der Waals surface area (Å²) in [5.41, 5.74) is -2.85. The van der Waals surface area contributed by atoms with E-state index in [1.807, 2.05) is 6.92 Å². The van der Waals surface area contributed by atoms with Crippen LogP contribution in [-0.2, 0) is 42.7 Å². The van der Waals surface area contributed by atoms with Crippen LogP contribution in [0.4, 0.5) is 0 Å². The molecule has 5 heterocycles. The highest BCUT2D eigenvalue weighted by Gasteiger charge is 2.86. The van der Waals surface area contributed by atoms with E-state index < -0.39 is 58.4 Å². The van der Waals surface area contributed by atoms with Crippen LogP contribution in [0.25, 0.3) is 0 Å². The van der Waals surface area contributed by atoms with Gasteiger partial charge in [0.25, 0.3) is 0 Å². The fraction of sp³-hybridized carbons (Fsp3) is 0.793. The van der Waals surface area contributed by atoms with E-state index in [1.54, 1.807) is 25.2 Å². The molecule has 39 heavy (non-hydrogen) atoms. The molecule has 1 N–H and O–H groups in total. The Labute approximate surface area is 227 Å². The molecule has 6 fully saturated rings. The smallest absolute Gasteiger partial charge is 0.338 e. The van der Waals surface area contributed by atoms with Crippen molar-refractivity contribution in [1.82, 2.24) is 0 Å². The van der Waals surface area contributed by atoms with E-state index >= 15 is 0 Å². The topological polar surface area (TPSA) is 129 Å². The molecule has 4 saturated heterocycles. The number of fused-ring (bicyclic) bond motifs is 3. The number of ether oxygens (including phenoxy) is 7. The van der Waals surface area contributed by atoms with E-state index in [0.29, 0.717) is 25.9 Å². The molecular formula is C29H38O10. The molecule has 0 aromatic heterocycles. The number of esters is 2. The third-order valence-electron chi connectivity index (χ3n) is 11.0. The average molecular weight is 547 g/mol. The Bertz CT molecular complexity index is 1130. The van der Waals surface area contributed by atoms with Crippen LogP contribution in [0.15, 0.2) is 24.3 Å². The van der Waals surface area contributed by atoms with Gasteiger partial charge in [0.15, 0.2) is 6.10 Å². The lowest BCUT2D eigenvalue weighted by atomic mass is 9.50. The average Bonchev–Trinajstić information content (AvgIpc) is 3.80. The summed E-state index contributed by atoms with van der Waals surface area (Å²) in [4.78, 5) is 26.3. The summed E-state index contributed by atoms with van der Waals surface area (Å²) in [6.45, 7) is 8.62. The van der Waals surface area contributed by atoms with Crippen molar-refractivity contribution in [2.24, 2.45) is 10.8 Å². The molecule has 0 aromatic carbocycles. The molecule has 2 bridgehead atoms. The lowest BCUT2D eigenvalue weighted by Crippen LogP contribution is -2.69. The number of epoxide rings is 3. The summed E-state index contributed by atoms with van der Waals surface area (Å²) in [5, 5.41) is 10.1. The number of carbonyl (C=O) groups excluding carboxylic acids is 2. The first-order valence-corrected chi connectivity index (χ1v) is 14.1. The molecule has 0 radical (unpaired) electrons. The first-order chi connectivity index (χ1) is 18.5. The van der Waals surface area contributed by atoms with Crippen LogP contribution in [0.2, 0.25) is 0 Å². The molecule has 10 heteroatoms. The van der Waals surface area contributed by atoms with Crippen molar-refractivity contribution >= 4 is 11.9 Å². The first-order valence-electron chi connectivity index (χ1n) is 14.1. The van der Waals surface area contributed by atoms with Crippen LogP contribution >= 0.6 is 0 Å². The number of allylic oxidation sites excluding steroid dienone is 2. The molecular weight excluding hydrogens is 508 g/mol. The van der Waals surface area contributed by atoms with Crippen molar-refractivity contribution in [3.8, 4) is 0 Å². The van der Waals surface area contributed by atoms with E-state index in [0.717, 1.165) is 6.42 Å². The second-order valence-corrected chi connectivity index (χ2v) is 13.1. The Morgan fingerprint density at radius 3 is 2.51 bits per heavy atom. The standard InChI is InChI=1S/C29H38O10/c1-16(30)17-7-5-6-8-20(31)36-18-13-19-29(15-35-29)27(18,4)28(10-9-25(2)21(38-25)22(28)37-19)14-34-24(32)23-26(3,39-23)11-12-33-17/h5-8,16-19,21-23,30H,9-15H2,1-4H3/b7-5+,8-6-/t16-,17-,18-,19-,21+,22-,23-,25-,26-,27-,28+,29+/m1/s1. The summed E-state index contributed by atoms with van der Waals surface area (Å²) in [7, 11) is 0. The zero-order valence-electron chi connectivity index (χ0n) is 22.9. The summed E-state index contributed by atoms with van der Waals surface area (Å²) in [6.07, 6.45) is 5.61. The van der Waals surface area contributed by atoms with Crippen molar-refractivity contribution in [3.63, 3.8) is 0 Å². The van der Waals surface area contributed by atoms with Gasteiger partial charge in [-0.2, -0.15) is 0 Å². The van der Waals surface area contributed by atoms with Crippen LogP contribution in [-0.4, -0.2) is 96.4 Å². The van der Waals surface area contributed by atoms with Crippen LogP contribution in [0.3, 0.4) is 0 Å². The predicted octanol–water partition coefficient (Wildman–Crippen LogP) is 1.77. The van der Waals surface area contributed by atoms with E-state index in [4.69, 9.17) is 33.2 Å². The third-order valence-corrected chi connectivity index (χ3v) is 11.0. The third kappa shape index (κ3) is 3.61. The molecule has 0 aromatic rings. The van der Waals surface area contributed by atoms with Crippen molar-refractivity contribution < 1.29 is 47.9 Å². The maximum Gasteiger partial charge on any atom is 0.338 e. The van der Waals surface area contributed by atoms with Crippen molar-refractivity contribution in [1.29, 1.82) is 0 Å². The van der Waals surface area contributed by atoms with Crippen molar-refractivity contribution in [2.45, 2.75) is 113 Å². The minimum absolute atomic E-state index is 0.101.